The molecule has 3 aromatic carbocycles. The summed E-state index contributed by atoms with van der Waals surface area (Å²) in [6, 6.07) is 24.0. The number of nitrogens with one attached hydrogen (secondary N) is 2. The molecule has 32 heavy (non-hydrogen) atoms. The fourth-order valence-electron chi connectivity index (χ4n) is 4.13. The number of rotatable bonds is 5. The normalized spacial score (nSPS) is 17.4. The van der Waals surface area contributed by atoms with E-state index in [1.165, 1.54) is 6.92 Å². The highest BCUT2D eigenvalue weighted by atomic mass is 16.2. The van der Waals surface area contributed by atoms with E-state index in [9.17, 15) is 14.4 Å². The van der Waals surface area contributed by atoms with Gasteiger partial charge in [0.1, 0.15) is 5.54 Å². The minimum absolute atomic E-state index is 0.175. The largest absolute Gasteiger partial charge is 0.350 e. The van der Waals surface area contributed by atoms with Gasteiger partial charge in [0, 0.05) is 36.8 Å². The highest BCUT2D eigenvalue weighted by Gasteiger charge is 2.47. The zero-order valence-corrected chi connectivity index (χ0v) is 18.1. The molecule has 1 heterocycles. The average molecular weight is 428 g/mol. The third-order valence-corrected chi connectivity index (χ3v) is 5.71. The molecule has 3 aromatic rings. The topological polar surface area (TPSA) is 78.5 Å². The van der Waals surface area contributed by atoms with Crippen molar-refractivity contribution < 1.29 is 14.4 Å². The van der Waals surface area contributed by atoms with Gasteiger partial charge >= 0.3 is 0 Å². The quantitative estimate of drug-likeness (QED) is 0.648. The lowest BCUT2D eigenvalue weighted by molar-refractivity contribution is -0.126. The summed E-state index contributed by atoms with van der Waals surface area (Å²) in [6.07, 6.45) is 0.392. The molecule has 1 unspecified atom stereocenters. The molecule has 0 radical (unpaired) electrons. The van der Waals surface area contributed by atoms with E-state index >= 15 is 0 Å². The molecular weight excluding hydrogens is 402 g/mol. The van der Waals surface area contributed by atoms with Gasteiger partial charge in [-0.25, -0.2) is 0 Å². The summed E-state index contributed by atoms with van der Waals surface area (Å²) in [4.78, 5) is 39.9. The smallest absolute Gasteiger partial charge is 0.259 e. The predicted molar refractivity (Wildman–Crippen MR) is 124 cm³/mol. The van der Waals surface area contributed by atoms with E-state index < -0.39 is 5.54 Å². The Morgan fingerprint density at radius 2 is 1.59 bits per heavy atom. The molecular formula is C26H25N3O3. The van der Waals surface area contributed by atoms with Crippen molar-refractivity contribution in [3.8, 4) is 0 Å². The van der Waals surface area contributed by atoms with E-state index in [1.54, 1.807) is 42.2 Å². The maximum Gasteiger partial charge on any atom is 0.259 e. The molecule has 4 rings (SSSR count). The standard InChI is InChI=1S/C26H25N3O3/c1-18(30)28-21-12-14-22(15-13-21)29-24(31)23-11-7-6-10-20(23)16-26(29,2)25(32)27-17-19-8-4-3-5-9-19/h3-15H,16-17H2,1-2H3,(H,27,32)(H,28,30). The summed E-state index contributed by atoms with van der Waals surface area (Å²) in [5, 5.41) is 5.73. The molecule has 1 aliphatic rings. The summed E-state index contributed by atoms with van der Waals surface area (Å²) in [7, 11) is 0. The molecule has 0 fully saturated rings. The van der Waals surface area contributed by atoms with Crippen LogP contribution in [0.25, 0.3) is 0 Å². The Morgan fingerprint density at radius 1 is 0.938 bits per heavy atom. The van der Waals surface area contributed by atoms with E-state index in [4.69, 9.17) is 0 Å². The third-order valence-electron chi connectivity index (χ3n) is 5.71. The number of carbonyl (C=O) groups is 3. The minimum Gasteiger partial charge on any atom is -0.350 e. The maximum absolute atomic E-state index is 13.6. The van der Waals surface area contributed by atoms with Crippen LogP contribution in [-0.4, -0.2) is 23.3 Å². The number of anilines is 2. The molecule has 2 N–H and O–H groups in total. The Hall–Kier alpha value is -3.93. The molecule has 0 aliphatic carbocycles. The lowest BCUT2D eigenvalue weighted by Crippen LogP contribution is -2.63. The Balaban J connectivity index is 1.69. The monoisotopic (exact) mass is 427 g/mol. The molecule has 0 spiro atoms. The van der Waals surface area contributed by atoms with Crippen LogP contribution in [0, 0.1) is 0 Å². The molecule has 0 saturated carbocycles. The van der Waals surface area contributed by atoms with Crippen molar-refractivity contribution in [2.45, 2.75) is 32.4 Å². The van der Waals surface area contributed by atoms with Crippen LogP contribution in [0.3, 0.4) is 0 Å². The van der Waals surface area contributed by atoms with E-state index in [2.05, 4.69) is 10.6 Å². The number of hydrogen-bond acceptors (Lipinski definition) is 3. The number of carbonyl (C=O) groups excluding carboxylic acids is 3. The minimum atomic E-state index is -1.12. The van der Waals surface area contributed by atoms with E-state index in [0.717, 1.165) is 11.1 Å². The van der Waals surface area contributed by atoms with Crippen molar-refractivity contribution in [2.24, 2.45) is 0 Å². The van der Waals surface area contributed by atoms with Gasteiger partial charge in [-0.15, -0.1) is 0 Å². The van der Waals surface area contributed by atoms with Gasteiger partial charge in [0.15, 0.2) is 0 Å². The van der Waals surface area contributed by atoms with Gasteiger partial charge in [0.05, 0.1) is 0 Å². The summed E-state index contributed by atoms with van der Waals surface area (Å²) in [5.41, 5.74) is 2.53. The SMILES string of the molecule is CC(=O)Nc1ccc(N2C(=O)c3ccccc3CC2(C)C(=O)NCc2ccccc2)cc1. The molecule has 0 bridgehead atoms. The number of benzene rings is 3. The summed E-state index contributed by atoms with van der Waals surface area (Å²) >= 11 is 0. The van der Waals surface area contributed by atoms with Crippen molar-refractivity contribution >= 4 is 29.1 Å². The first kappa shape index (κ1) is 21.3. The Bertz CT molecular complexity index is 1160. The molecule has 6 nitrogen and oxygen atoms in total. The number of hydrogen-bond donors (Lipinski definition) is 2. The lowest BCUT2D eigenvalue weighted by Gasteiger charge is -2.44. The van der Waals surface area contributed by atoms with Crippen LogP contribution in [-0.2, 0) is 22.6 Å². The van der Waals surface area contributed by atoms with Crippen LogP contribution in [0.1, 0.15) is 35.3 Å². The van der Waals surface area contributed by atoms with Gasteiger partial charge in [-0.05, 0) is 48.4 Å². The number of fused-ring (bicyclic) bond motifs is 1. The second-order valence-electron chi connectivity index (χ2n) is 8.14. The molecule has 0 aromatic heterocycles. The third kappa shape index (κ3) is 4.12. The van der Waals surface area contributed by atoms with Crippen molar-refractivity contribution in [1.29, 1.82) is 0 Å². The predicted octanol–water partition coefficient (Wildman–Crippen LogP) is 3.92. The van der Waals surface area contributed by atoms with E-state index in [0.29, 0.717) is 29.9 Å². The molecule has 0 saturated heterocycles. The fraction of sp³-hybridized carbons (Fsp3) is 0.192. The van der Waals surface area contributed by atoms with Crippen LogP contribution < -0.4 is 15.5 Å². The van der Waals surface area contributed by atoms with Crippen molar-refractivity contribution in [3.05, 3.63) is 95.6 Å². The average Bonchev–Trinajstić information content (AvgIpc) is 2.79. The van der Waals surface area contributed by atoms with E-state index in [1.807, 2.05) is 48.5 Å². The zero-order valence-electron chi connectivity index (χ0n) is 18.1. The van der Waals surface area contributed by atoms with Crippen LogP contribution in [0.4, 0.5) is 11.4 Å². The first-order valence-corrected chi connectivity index (χ1v) is 10.5. The van der Waals surface area contributed by atoms with Crippen LogP contribution in [0.15, 0.2) is 78.9 Å². The molecule has 162 valence electrons. The summed E-state index contributed by atoms with van der Waals surface area (Å²) in [5.74, 6) is -0.627. The highest BCUT2D eigenvalue weighted by molar-refractivity contribution is 6.14. The molecule has 1 atom stereocenters. The van der Waals surface area contributed by atoms with Crippen molar-refractivity contribution in [1.82, 2.24) is 5.32 Å². The molecule has 6 heteroatoms. The second kappa shape index (κ2) is 8.67. The van der Waals surface area contributed by atoms with Gasteiger partial charge in [0.25, 0.3) is 5.91 Å². The van der Waals surface area contributed by atoms with Crippen LogP contribution in [0.5, 0.6) is 0 Å². The zero-order chi connectivity index (χ0) is 22.7. The maximum atomic E-state index is 13.6. The van der Waals surface area contributed by atoms with Crippen LogP contribution >= 0.6 is 0 Å². The number of amides is 3. The van der Waals surface area contributed by atoms with Gasteiger partial charge in [-0.3, -0.25) is 19.3 Å². The van der Waals surface area contributed by atoms with Crippen molar-refractivity contribution in [3.63, 3.8) is 0 Å². The summed E-state index contributed by atoms with van der Waals surface area (Å²) in [6.45, 7) is 3.61. The number of nitrogens with zero attached hydrogens (tertiary/aromatic N) is 1. The van der Waals surface area contributed by atoms with Gasteiger partial charge in [0.2, 0.25) is 11.8 Å². The first-order chi connectivity index (χ1) is 15.4. The van der Waals surface area contributed by atoms with Crippen molar-refractivity contribution in [2.75, 3.05) is 10.2 Å². The Kier molecular flexibility index (Phi) is 5.77. The molecule has 3 amide bonds. The van der Waals surface area contributed by atoms with Gasteiger partial charge in [-0.1, -0.05) is 48.5 Å². The Morgan fingerprint density at radius 3 is 2.28 bits per heavy atom. The van der Waals surface area contributed by atoms with E-state index in [-0.39, 0.29) is 17.7 Å². The van der Waals surface area contributed by atoms with Gasteiger partial charge < -0.3 is 10.6 Å². The Labute approximate surface area is 187 Å². The first-order valence-electron chi connectivity index (χ1n) is 10.5. The highest BCUT2D eigenvalue weighted by Crippen LogP contribution is 2.36. The van der Waals surface area contributed by atoms with Gasteiger partial charge in [-0.2, -0.15) is 0 Å². The fourth-order valence-corrected chi connectivity index (χ4v) is 4.13. The summed E-state index contributed by atoms with van der Waals surface area (Å²) < 4.78 is 0. The second-order valence-corrected chi connectivity index (χ2v) is 8.14. The molecule has 1 aliphatic heterocycles. The lowest BCUT2D eigenvalue weighted by atomic mass is 9.82. The van der Waals surface area contributed by atoms with Crippen LogP contribution in [0.2, 0.25) is 0 Å².